The summed E-state index contributed by atoms with van der Waals surface area (Å²) in [5.41, 5.74) is 0. The van der Waals surface area contributed by atoms with Gasteiger partial charge in [-0.05, 0) is 44.4 Å². The molecule has 0 aliphatic rings. The van der Waals surface area contributed by atoms with Crippen LogP contribution < -0.4 is 5.32 Å². The zero-order valence-corrected chi connectivity index (χ0v) is 9.38. The van der Waals surface area contributed by atoms with Crippen molar-refractivity contribution in [2.24, 2.45) is 0 Å². The maximum absolute atomic E-state index is 3.46. The van der Waals surface area contributed by atoms with E-state index >= 15 is 0 Å². The minimum Gasteiger partial charge on any atom is -0.317 e. The topological polar surface area (TPSA) is 12.0 Å². The van der Waals surface area contributed by atoms with Gasteiger partial charge in [-0.3, -0.25) is 0 Å². The predicted molar refractivity (Wildman–Crippen MR) is 60.0 cm³/mol. The molecular weight excluding hydrogens is 166 g/mol. The van der Waals surface area contributed by atoms with Crippen molar-refractivity contribution in [2.45, 2.75) is 39.0 Å². The number of thioether (sulfide) groups is 1. The first-order chi connectivity index (χ1) is 5.91. The van der Waals surface area contributed by atoms with Crippen LogP contribution in [0, 0.1) is 0 Å². The SMILES string of the molecule is CCCCNCCCCCSC. The highest BCUT2D eigenvalue weighted by molar-refractivity contribution is 7.98. The van der Waals surface area contributed by atoms with Gasteiger partial charge in [0.15, 0.2) is 0 Å². The molecule has 2 heteroatoms. The molecule has 0 saturated heterocycles. The third-order valence-corrected chi connectivity index (χ3v) is 2.61. The van der Waals surface area contributed by atoms with Gasteiger partial charge in [0.1, 0.15) is 0 Å². The smallest absolute Gasteiger partial charge is 0.00489 e. The van der Waals surface area contributed by atoms with Crippen LogP contribution in [0.15, 0.2) is 0 Å². The zero-order valence-electron chi connectivity index (χ0n) is 8.57. The van der Waals surface area contributed by atoms with E-state index in [4.69, 9.17) is 0 Å². The van der Waals surface area contributed by atoms with Crippen molar-refractivity contribution >= 4 is 11.8 Å². The molecule has 0 unspecified atom stereocenters. The van der Waals surface area contributed by atoms with E-state index in [9.17, 15) is 0 Å². The second-order valence-electron chi connectivity index (χ2n) is 3.16. The largest absolute Gasteiger partial charge is 0.317 e. The first-order valence-electron chi connectivity index (χ1n) is 5.11. The molecular formula is C10H23NS. The van der Waals surface area contributed by atoms with Gasteiger partial charge in [-0.1, -0.05) is 19.8 Å². The van der Waals surface area contributed by atoms with Gasteiger partial charge in [-0.15, -0.1) is 0 Å². The molecule has 0 aromatic carbocycles. The molecule has 0 radical (unpaired) electrons. The molecule has 0 aromatic heterocycles. The highest BCUT2D eigenvalue weighted by Crippen LogP contribution is 2.01. The Kier molecular flexibility index (Phi) is 11.6. The van der Waals surface area contributed by atoms with Crippen LogP contribution in [-0.4, -0.2) is 25.1 Å². The maximum atomic E-state index is 3.46. The van der Waals surface area contributed by atoms with Crippen molar-refractivity contribution in [1.29, 1.82) is 0 Å². The number of rotatable bonds is 9. The van der Waals surface area contributed by atoms with Crippen LogP contribution in [0.3, 0.4) is 0 Å². The Bertz CT molecular complexity index is 66.2. The molecule has 12 heavy (non-hydrogen) atoms. The second-order valence-corrected chi connectivity index (χ2v) is 4.14. The van der Waals surface area contributed by atoms with E-state index in [0.717, 1.165) is 0 Å². The van der Waals surface area contributed by atoms with E-state index in [-0.39, 0.29) is 0 Å². The summed E-state index contributed by atoms with van der Waals surface area (Å²) in [4.78, 5) is 0. The van der Waals surface area contributed by atoms with Crippen LogP contribution >= 0.6 is 11.8 Å². The zero-order chi connectivity index (χ0) is 9.07. The number of unbranched alkanes of at least 4 members (excludes halogenated alkanes) is 3. The first kappa shape index (κ1) is 12.3. The summed E-state index contributed by atoms with van der Waals surface area (Å²) in [5.74, 6) is 1.33. The summed E-state index contributed by atoms with van der Waals surface area (Å²) < 4.78 is 0. The van der Waals surface area contributed by atoms with Crippen LogP contribution in [-0.2, 0) is 0 Å². The molecule has 0 aliphatic heterocycles. The average molecular weight is 189 g/mol. The molecule has 1 N–H and O–H groups in total. The van der Waals surface area contributed by atoms with E-state index in [1.807, 2.05) is 11.8 Å². The van der Waals surface area contributed by atoms with Gasteiger partial charge >= 0.3 is 0 Å². The van der Waals surface area contributed by atoms with Gasteiger partial charge < -0.3 is 5.32 Å². The summed E-state index contributed by atoms with van der Waals surface area (Å²) in [6, 6.07) is 0. The van der Waals surface area contributed by atoms with E-state index < -0.39 is 0 Å². The molecule has 74 valence electrons. The molecule has 0 saturated carbocycles. The molecule has 0 aliphatic carbocycles. The molecule has 0 fully saturated rings. The number of hydrogen-bond acceptors (Lipinski definition) is 2. The van der Waals surface area contributed by atoms with Crippen molar-refractivity contribution in [1.82, 2.24) is 5.32 Å². The van der Waals surface area contributed by atoms with Gasteiger partial charge in [0.2, 0.25) is 0 Å². The molecule has 0 spiro atoms. The predicted octanol–water partition coefficient (Wildman–Crippen LogP) is 2.91. The Morgan fingerprint density at radius 2 is 1.75 bits per heavy atom. The lowest BCUT2D eigenvalue weighted by Crippen LogP contribution is -2.16. The van der Waals surface area contributed by atoms with Crippen molar-refractivity contribution < 1.29 is 0 Å². The lowest BCUT2D eigenvalue weighted by atomic mass is 10.2. The van der Waals surface area contributed by atoms with Gasteiger partial charge in [-0.2, -0.15) is 11.8 Å². The first-order valence-corrected chi connectivity index (χ1v) is 6.50. The standard InChI is InChI=1S/C10H23NS/c1-3-4-8-11-9-6-5-7-10-12-2/h11H,3-10H2,1-2H3. The number of hydrogen-bond donors (Lipinski definition) is 1. The lowest BCUT2D eigenvalue weighted by molar-refractivity contribution is 0.596. The summed E-state index contributed by atoms with van der Waals surface area (Å²) in [6.45, 7) is 4.66. The van der Waals surface area contributed by atoms with Crippen LogP contribution in [0.5, 0.6) is 0 Å². The third kappa shape index (κ3) is 10.3. The second kappa shape index (κ2) is 11.3. The Hall–Kier alpha value is 0.310. The quantitative estimate of drug-likeness (QED) is 0.560. The van der Waals surface area contributed by atoms with Crippen LogP contribution in [0.1, 0.15) is 39.0 Å². The highest BCUT2D eigenvalue weighted by atomic mass is 32.2. The Morgan fingerprint density at radius 1 is 1.00 bits per heavy atom. The minimum absolute atomic E-state index is 1.21. The Balaban J connectivity index is 2.73. The Labute approximate surface area is 81.7 Å². The van der Waals surface area contributed by atoms with E-state index in [2.05, 4.69) is 18.5 Å². The molecule has 0 amide bonds. The van der Waals surface area contributed by atoms with Crippen molar-refractivity contribution in [3.05, 3.63) is 0 Å². The van der Waals surface area contributed by atoms with Gasteiger partial charge in [0, 0.05) is 0 Å². The highest BCUT2D eigenvalue weighted by Gasteiger charge is 1.88. The number of nitrogens with one attached hydrogen (secondary N) is 1. The maximum Gasteiger partial charge on any atom is -0.00489 e. The summed E-state index contributed by atoms with van der Waals surface area (Å²) >= 11 is 1.95. The van der Waals surface area contributed by atoms with Crippen LogP contribution in [0.4, 0.5) is 0 Å². The molecule has 0 rings (SSSR count). The van der Waals surface area contributed by atoms with Crippen molar-refractivity contribution in [3.8, 4) is 0 Å². The molecule has 0 atom stereocenters. The molecule has 0 bridgehead atoms. The van der Waals surface area contributed by atoms with Crippen LogP contribution in [0.25, 0.3) is 0 Å². The minimum atomic E-state index is 1.21. The van der Waals surface area contributed by atoms with E-state index in [1.165, 1.54) is 50.9 Å². The fraction of sp³-hybridized carbons (Fsp3) is 1.00. The van der Waals surface area contributed by atoms with Gasteiger partial charge in [-0.25, -0.2) is 0 Å². The molecule has 1 nitrogen and oxygen atoms in total. The van der Waals surface area contributed by atoms with E-state index in [0.29, 0.717) is 0 Å². The van der Waals surface area contributed by atoms with Crippen LogP contribution in [0.2, 0.25) is 0 Å². The average Bonchev–Trinajstić information content (AvgIpc) is 2.10. The fourth-order valence-electron chi connectivity index (χ4n) is 1.10. The molecule has 0 heterocycles. The summed E-state index contributed by atoms with van der Waals surface area (Å²) in [5, 5.41) is 3.46. The van der Waals surface area contributed by atoms with E-state index in [1.54, 1.807) is 0 Å². The van der Waals surface area contributed by atoms with Gasteiger partial charge in [0.05, 0.1) is 0 Å². The monoisotopic (exact) mass is 189 g/mol. The van der Waals surface area contributed by atoms with Gasteiger partial charge in [0.25, 0.3) is 0 Å². The molecule has 0 aromatic rings. The fourth-order valence-corrected chi connectivity index (χ4v) is 1.59. The van der Waals surface area contributed by atoms with Crippen molar-refractivity contribution in [2.75, 3.05) is 25.1 Å². The summed E-state index contributed by atoms with van der Waals surface area (Å²) in [6.07, 6.45) is 8.94. The summed E-state index contributed by atoms with van der Waals surface area (Å²) in [7, 11) is 0. The third-order valence-electron chi connectivity index (χ3n) is 1.91. The Morgan fingerprint density at radius 3 is 2.42 bits per heavy atom. The lowest BCUT2D eigenvalue weighted by Gasteiger charge is -2.02. The van der Waals surface area contributed by atoms with Crippen molar-refractivity contribution in [3.63, 3.8) is 0 Å². The normalized spacial score (nSPS) is 10.5.